The molecule has 0 spiro atoms. The standard InChI is InChI=1S/C9H4F3NO2/c10-4-1-3-2-5(9(14)15)13-8(3)7(12)6(4)11/h1-2,13H,(H,14,15). The Bertz CT molecular complexity index is 562. The maximum absolute atomic E-state index is 13.1. The molecule has 0 aliphatic rings. The largest absolute Gasteiger partial charge is 0.477 e. The molecule has 2 rings (SSSR count). The number of carboxylic acids is 1. The van der Waals surface area contributed by atoms with Gasteiger partial charge < -0.3 is 10.1 Å². The molecule has 1 aromatic heterocycles. The molecule has 1 heterocycles. The maximum atomic E-state index is 13.1. The number of carbonyl (C=O) groups is 1. The van der Waals surface area contributed by atoms with Gasteiger partial charge in [0.05, 0.1) is 5.52 Å². The van der Waals surface area contributed by atoms with Crippen LogP contribution in [0.15, 0.2) is 12.1 Å². The molecule has 15 heavy (non-hydrogen) atoms. The van der Waals surface area contributed by atoms with Gasteiger partial charge in [0.1, 0.15) is 5.69 Å². The maximum Gasteiger partial charge on any atom is 0.352 e. The number of fused-ring (bicyclic) bond motifs is 1. The van der Waals surface area contributed by atoms with Crippen LogP contribution in [0.2, 0.25) is 0 Å². The molecule has 0 fully saturated rings. The molecule has 0 aliphatic heterocycles. The summed E-state index contributed by atoms with van der Waals surface area (Å²) in [6.45, 7) is 0. The van der Waals surface area contributed by atoms with Crippen LogP contribution in [-0.2, 0) is 0 Å². The average Bonchev–Trinajstić information content (AvgIpc) is 2.58. The Kier molecular flexibility index (Phi) is 1.92. The quantitative estimate of drug-likeness (QED) is 0.717. The summed E-state index contributed by atoms with van der Waals surface area (Å²) in [6, 6.07) is 1.76. The number of H-pyrrole nitrogens is 1. The third-order valence-corrected chi connectivity index (χ3v) is 1.98. The minimum absolute atomic E-state index is 0.0243. The van der Waals surface area contributed by atoms with E-state index in [0.29, 0.717) is 0 Å². The molecule has 0 amide bonds. The van der Waals surface area contributed by atoms with Crippen molar-refractivity contribution in [2.24, 2.45) is 0 Å². The molecule has 1 aromatic carbocycles. The second kappa shape index (κ2) is 3.01. The molecule has 0 atom stereocenters. The molecule has 2 N–H and O–H groups in total. The third-order valence-electron chi connectivity index (χ3n) is 1.98. The van der Waals surface area contributed by atoms with Crippen LogP contribution in [0.4, 0.5) is 13.2 Å². The Morgan fingerprint density at radius 3 is 2.47 bits per heavy atom. The van der Waals surface area contributed by atoms with Gasteiger partial charge >= 0.3 is 5.97 Å². The SMILES string of the molecule is O=C(O)c1cc2cc(F)c(F)c(F)c2[nH]1. The highest BCUT2D eigenvalue weighted by atomic mass is 19.2. The van der Waals surface area contributed by atoms with Crippen molar-refractivity contribution < 1.29 is 23.1 Å². The van der Waals surface area contributed by atoms with E-state index in [1.54, 1.807) is 0 Å². The van der Waals surface area contributed by atoms with Gasteiger partial charge in [0, 0.05) is 5.39 Å². The molecular formula is C9H4F3NO2. The number of carboxylic acid groups (broad SMARTS) is 1. The predicted octanol–water partition coefficient (Wildman–Crippen LogP) is 2.28. The van der Waals surface area contributed by atoms with E-state index < -0.39 is 23.4 Å². The molecular weight excluding hydrogens is 211 g/mol. The Morgan fingerprint density at radius 1 is 1.20 bits per heavy atom. The molecule has 0 unspecified atom stereocenters. The summed E-state index contributed by atoms with van der Waals surface area (Å²) >= 11 is 0. The van der Waals surface area contributed by atoms with Crippen molar-refractivity contribution in [3.8, 4) is 0 Å². The van der Waals surface area contributed by atoms with Gasteiger partial charge in [-0.05, 0) is 12.1 Å². The highest BCUT2D eigenvalue weighted by Gasteiger charge is 2.17. The van der Waals surface area contributed by atoms with Crippen LogP contribution in [-0.4, -0.2) is 16.1 Å². The zero-order valence-corrected chi connectivity index (χ0v) is 7.14. The summed E-state index contributed by atoms with van der Waals surface area (Å²) in [6.07, 6.45) is 0. The zero-order valence-electron chi connectivity index (χ0n) is 7.14. The molecule has 2 aromatic rings. The van der Waals surface area contributed by atoms with E-state index in [0.717, 1.165) is 12.1 Å². The van der Waals surface area contributed by atoms with E-state index in [1.165, 1.54) is 0 Å². The number of hydrogen-bond donors (Lipinski definition) is 2. The number of aromatic nitrogens is 1. The lowest BCUT2D eigenvalue weighted by Gasteiger charge is -1.95. The first kappa shape index (κ1) is 9.57. The first-order valence-electron chi connectivity index (χ1n) is 3.90. The van der Waals surface area contributed by atoms with Gasteiger partial charge in [-0.3, -0.25) is 0 Å². The molecule has 0 bridgehead atoms. The molecule has 0 aliphatic carbocycles. The van der Waals surface area contributed by atoms with E-state index in [-0.39, 0.29) is 16.6 Å². The molecule has 0 saturated carbocycles. The van der Waals surface area contributed by atoms with Gasteiger partial charge in [-0.2, -0.15) is 0 Å². The monoisotopic (exact) mass is 215 g/mol. The van der Waals surface area contributed by atoms with Crippen LogP contribution in [0.5, 0.6) is 0 Å². The van der Waals surface area contributed by atoms with Crippen LogP contribution in [0, 0.1) is 17.5 Å². The lowest BCUT2D eigenvalue weighted by atomic mass is 10.2. The molecule has 6 heteroatoms. The molecule has 0 radical (unpaired) electrons. The highest BCUT2D eigenvalue weighted by Crippen LogP contribution is 2.23. The Hall–Kier alpha value is -1.98. The first-order chi connectivity index (χ1) is 7.00. The lowest BCUT2D eigenvalue weighted by molar-refractivity contribution is 0.0691. The smallest absolute Gasteiger partial charge is 0.352 e. The lowest BCUT2D eigenvalue weighted by Crippen LogP contribution is -1.95. The summed E-state index contributed by atoms with van der Waals surface area (Å²) in [5, 5.41) is 8.55. The number of halogens is 3. The van der Waals surface area contributed by atoms with Crippen molar-refractivity contribution in [1.82, 2.24) is 4.98 Å². The van der Waals surface area contributed by atoms with Gasteiger partial charge in [-0.25, -0.2) is 18.0 Å². The fraction of sp³-hybridized carbons (Fsp3) is 0. The number of nitrogens with one attached hydrogen (secondary N) is 1. The average molecular weight is 215 g/mol. The van der Waals surface area contributed by atoms with Crippen molar-refractivity contribution in [2.45, 2.75) is 0 Å². The van der Waals surface area contributed by atoms with Crippen molar-refractivity contribution in [3.63, 3.8) is 0 Å². The molecule has 0 saturated heterocycles. The summed E-state index contributed by atoms with van der Waals surface area (Å²) in [5.41, 5.74) is -0.680. The van der Waals surface area contributed by atoms with Crippen molar-refractivity contribution in [2.75, 3.05) is 0 Å². The van der Waals surface area contributed by atoms with Gasteiger partial charge in [-0.15, -0.1) is 0 Å². The second-order valence-corrected chi connectivity index (χ2v) is 2.94. The first-order valence-corrected chi connectivity index (χ1v) is 3.90. The number of aromatic carboxylic acids is 1. The van der Waals surface area contributed by atoms with Gasteiger partial charge in [0.25, 0.3) is 0 Å². The van der Waals surface area contributed by atoms with Crippen LogP contribution < -0.4 is 0 Å². The zero-order chi connectivity index (χ0) is 11.2. The van der Waals surface area contributed by atoms with E-state index in [9.17, 15) is 18.0 Å². The number of aromatic amines is 1. The summed E-state index contributed by atoms with van der Waals surface area (Å²) in [4.78, 5) is 12.7. The molecule has 3 nitrogen and oxygen atoms in total. The summed E-state index contributed by atoms with van der Waals surface area (Å²) in [7, 11) is 0. The molecule has 78 valence electrons. The summed E-state index contributed by atoms with van der Waals surface area (Å²) in [5.74, 6) is -5.72. The number of benzene rings is 1. The van der Waals surface area contributed by atoms with E-state index >= 15 is 0 Å². The second-order valence-electron chi connectivity index (χ2n) is 2.94. The van der Waals surface area contributed by atoms with Crippen LogP contribution >= 0.6 is 0 Å². The Balaban J connectivity index is 2.82. The topological polar surface area (TPSA) is 53.1 Å². The van der Waals surface area contributed by atoms with E-state index in [2.05, 4.69) is 4.98 Å². The highest BCUT2D eigenvalue weighted by molar-refractivity contribution is 5.93. The minimum Gasteiger partial charge on any atom is -0.477 e. The van der Waals surface area contributed by atoms with Crippen LogP contribution in [0.3, 0.4) is 0 Å². The van der Waals surface area contributed by atoms with Crippen LogP contribution in [0.1, 0.15) is 10.5 Å². The Labute approximate surface area is 81.1 Å². The van der Waals surface area contributed by atoms with Gasteiger partial charge in [0.15, 0.2) is 17.5 Å². The predicted molar refractivity (Wildman–Crippen MR) is 45.1 cm³/mol. The van der Waals surface area contributed by atoms with Gasteiger partial charge in [-0.1, -0.05) is 0 Å². The van der Waals surface area contributed by atoms with Crippen molar-refractivity contribution >= 4 is 16.9 Å². The van der Waals surface area contributed by atoms with Crippen LogP contribution in [0.25, 0.3) is 10.9 Å². The van der Waals surface area contributed by atoms with Gasteiger partial charge in [0.2, 0.25) is 0 Å². The normalized spacial score (nSPS) is 10.9. The summed E-state index contributed by atoms with van der Waals surface area (Å²) < 4.78 is 38.6. The van der Waals surface area contributed by atoms with E-state index in [1.807, 2.05) is 0 Å². The van der Waals surface area contributed by atoms with Crippen molar-refractivity contribution in [3.05, 3.63) is 35.3 Å². The number of hydrogen-bond acceptors (Lipinski definition) is 1. The third kappa shape index (κ3) is 1.34. The van der Waals surface area contributed by atoms with Crippen molar-refractivity contribution in [1.29, 1.82) is 0 Å². The van der Waals surface area contributed by atoms with E-state index in [4.69, 9.17) is 5.11 Å². The minimum atomic E-state index is -1.62. The fourth-order valence-electron chi connectivity index (χ4n) is 1.30. The Morgan fingerprint density at radius 2 is 1.87 bits per heavy atom. The fourth-order valence-corrected chi connectivity index (χ4v) is 1.30. The number of rotatable bonds is 1.